The highest BCUT2D eigenvalue weighted by Crippen LogP contribution is 2.51. The lowest BCUT2D eigenvalue weighted by Crippen LogP contribution is -2.27. The maximum absolute atomic E-state index is 11.2. The second-order valence-corrected chi connectivity index (χ2v) is 10.9. The van der Waals surface area contributed by atoms with Crippen LogP contribution >= 0.6 is 0 Å². The molecule has 0 unspecified atom stereocenters. The Morgan fingerprint density at radius 1 is 0.718 bits per heavy atom. The van der Waals surface area contributed by atoms with Gasteiger partial charge in [0.15, 0.2) is 5.58 Å². The molecule has 0 radical (unpaired) electrons. The van der Waals surface area contributed by atoms with Crippen LogP contribution in [0.25, 0.3) is 60.6 Å². The van der Waals surface area contributed by atoms with Gasteiger partial charge in [-0.05, 0) is 46.5 Å². The Bertz CT molecular complexity index is 2150. The molecule has 2 heterocycles. The summed E-state index contributed by atoms with van der Waals surface area (Å²) >= 11 is 0. The number of rotatable bonds is 3. The molecule has 0 amide bonds. The molecule has 0 saturated heterocycles. The number of benzene rings is 5. The summed E-state index contributed by atoms with van der Waals surface area (Å²) in [6.45, 7) is 4.59. The number of furan rings is 1. The van der Waals surface area contributed by atoms with Crippen molar-refractivity contribution in [1.29, 1.82) is 0 Å². The number of nitrogens with zero attached hydrogens (tertiary/aromatic N) is 2. The van der Waals surface area contributed by atoms with Crippen molar-refractivity contribution in [3.63, 3.8) is 0 Å². The Labute approximate surface area is 224 Å². The van der Waals surface area contributed by atoms with Crippen LogP contribution in [-0.4, -0.2) is 16.6 Å². The first-order valence-electron chi connectivity index (χ1n) is 13.1. The van der Waals surface area contributed by atoms with Crippen molar-refractivity contribution in [3.8, 4) is 16.8 Å². The van der Waals surface area contributed by atoms with Crippen molar-refractivity contribution in [3.05, 3.63) is 113 Å². The fourth-order valence-electron chi connectivity index (χ4n) is 6.69. The van der Waals surface area contributed by atoms with Gasteiger partial charge in [-0.3, -0.25) is 0 Å². The van der Waals surface area contributed by atoms with Gasteiger partial charge in [0, 0.05) is 32.4 Å². The topological polar surface area (TPSA) is 67.7 Å². The quantitative estimate of drug-likeness (QED) is 0.200. The van der Waals surface area contributed by atoms with Gasteiger partial charge < -0.3 is 14.0 Å². The number of para-hydroxylation sites is 3. The third-order valence-corrected chi connectivity index (χ3v) is 8.53. The number of nitroso groups, excluding NO2 is 1. The second kappa shape index (κ2) is 7.68. The average molecular weight is 506 g/mol. The highest BCUT2D eigenvalue weighted by Gasteiger charge is 2.36. The van der Waals surface area contributed by atoms with E-state index in [9.17, 15) is 9.93 Å². The van der Waals surface area contributed by atoms with Crippen LogP contribution < -0.4 is 5.46 Å². The van der Waals surface area contributed by atoms with E-state index in [1.54, 1.807) is 6.07 Å². The lowest BCUT2D eigenvalue weighted by Gasteiger charge is -2.21. The van der Waals surface area contributed by atoms with Crippen LogP contribution in [0.1, 0.15) is 25.0 Å². The van der Waals surface area contributed by atoms with Gasteiger partial charge in [-0.1, -0.05) is 91.7 Å². The molecule has 0 atom stereocenters. The molecule has 5 aromatic carbocycles. The van der Waals surface area contributed by atoms with E-state index < -0.39 is 7.05 Å². The van der Waals surface area contributed by atoms with Gasteiger partial charge in [0.05, 0.1) is 16.7 Å². The summed E-state index contributed by atoms with van der Waals surface area (Å²) in [6, 6.07) is 33.4. The number of hydrogen-bond donors (Lipinski definition) is 1. The van der Waals surface area contributed by atoms with E-state index >= 15 is 0 Å². The molecule has 7 aromatic rings. The summed E-state index contributed by atoms with van der Waals surface area (Å²) in [7, 11) is -1.49. The Kier molecular flexibility index (Phi) is 4.40. The molecule has 0 fully saturated rings. The molecule has 6 heteroatoms. The zero-order valence-electron chi connectivity index (χ0n) is 21.5. The molecule has 1 aliphatic rings. The maximum atomic E-state index is 11.2. The van der Waals surface area contributed by atoms with Crippen LogP contribution in [0.5, 0.6) is 0 Å². The Hall–Kier alpha value is -4.68. The van der Waals surface area contributed by atoms with E-state index in [0.717, 1.165) is 27.5 Å². The zero-order chi connectivity index (χ0) is 26.5. The zero-order valence-corrected chi connectivity index (χ0v) is 21.5. The monoisotopic (exact) mass is 506 g/mol. The summed E-state index contributed by atoms with van der Waals surface area (Å²) in [5.41, 5.74) is 9.75. The predicted molar refractivity (Wildman–Crippen MR) is 159 cm³/mol. The Morgan fingerprint density at radius 3 is 2.28 bits per heavy atom. The molecular weight excluding hydrogens is 483 g/mol. The average Bonchev–Trinajstić information content (AvgIpc) is 3.58. The number of hydrogen-bond acceptors (Lipinski definition) is 4. The summed E-state index contributed by atoms with van der Waals surface area (Å²) in [5.74, 6) is 0. The van der Waals surface area contributed by atoms with Crippen molar-refractivity contribution >= 4 is 56.3 Å². The number of fused-ring (bicyclic) bond motifs is 9. The van der Waals surface area contributed by atoms with Gasteiger partial charge >= 0.3 is 7.05 Å². The van der Waals surface area contributed by atoms with Crippen molar-refractivity contribution in [2.75, 3.05) is 0 Å². The highest BCUT2D eigenvalue weighted by molar-refractivity contribution is 6.67. The maximum Gasteiger partial charge on any atom is 0.521 e. The van der Waals surface area contributed by atoms with E-state index in [0.29, 0.717) is 16.6 Å². The summed E-state index contributed by atoms with van der Waals surface area (Å²) in [6.07, 6.45) is 0. The van der Waals surface area contributed by atoms with E-state index in [4.69, 9.17) is 4.42 Å². The molecule has 8 rings (SSSR count). The fraction of sp³-hybridized carbons (Fsp3) is 0.0909. The van der Waals surface area contributed by atoms with Crippen LogP contribution in [0, 0.1) is 4.91 Å². The molecule has 1 aliphatic carbocycles. The molecule has 0 saturated carbocycles. The van der Waals surface area contributed by atoms with E-state index in [1.807, 2.05) is 24.3 Å². The molecule has 0 spiro atoms. The molecule has 0 bridgehead atoms. The molecule has 0 aliphatic heterocycles. The van der Waals surface area contributed by atoms with Crippen molar-refractivity contribution in [2.45, 2.75) is 19.3 Å². The minimum Gasteiger partial charge on any atom is -0.454 e. The highest BCUT2D eigenvalue weighted by atomic mass is 16.3. The lowest BCUT2D eigenvalue weighted by atomic mass is 9.75. The minimum absolute atomic E-state index is 0.125. The van der Waals surface area contributed by atoms with Gasteiger partial charge in [-0.2, -0.15) is 4.91 Å². The van der Waals surface area contributed by atoms with Gasteiger partial charge in [0.1, 0.15) is 5.58 Å². The van der Waals surface area contributed by atoms with Crippen LogP contribution in [0.3, 0.4) is 0 Å². The first kappa shape index (κ1) is 22.3. The number of aromatic nitrogens is 1. The van der Waals surface area contributed by atoms with Crippen LogP contribution in [0.4, 0.5) is 0 Å². The van der Waals surface area contributed by atoms with E-state index in [1.165, 1.54) is 33.0 Å². The van der Waals surface area contributed by atoms with Crippen LogP contribution in [0.15, 0.2) is 107 Å². The smallest absolute Gasteiger partial charge is 0.454 e. The van der Waals surface area contributed by atoms with E-state index in [-0.39, 0.29) is 5.41 Å². The second-order valence-electron chi connectivity index (χ2n) is 10.9. The fourth-order valence-corrected chi connectivity index (χ4v) is 6.69. The first-order chi connectivity index (χ1) is 19.0. The summed E-state index contributed by atoms with van der Waals surface area (Å²) in [4.78, 5) is 11.2. The van der Waals surface area contributed by atoms with Gasteiger partial charge in [0.2, 0.25) is 0 Å². The molecule has 1 N–H and O–H groups in total. The lowest BCUT2D eigenvalue weighted by molar-refractivity contribution is 0.586. The van der Waals surface area contributed by atoms with Crippen molar-refractivity contribution in [2.24, 2.45) is 5.09 Å². The third kappa shape index (κ3) is 2.84. The van der Waals surface area contributed by atoms with Crippen LogP contribution in [0.2, 0.25) is 0 Å². The predicted octanol–water partition coefficient (Wildman–Crippen LogP) is 7.44. The molecule has 39 heavy (non-hydrogen) atoms. The standard InChI is InChI=1S/C33H23BN2O3/c1-33(2)25-13-5-3-9-19(25)23-17-24-20-10-4-6-15-28(20)36(30(24)18-26(23)33)29-16-8-12-22-21-11-7-14-27(34(37)35-38)31(21)39-32(22)29/h3-18,37H,1-2H3. The minimum atomic E-state index is -1.49. The van der Waals surface area contributed by atoms with E-state index in [2.05, 4.69) is 90.2 Å². The Morgan fingerprint density at radius 2 is 1.44 bits per heavy atom. The molecular formula is C33H23BN2O3. The summed E-state index contributed by atoms with van der Waals surface area (Å²) in [5, 5.41) is 17.2. The molecule has 5 nitrogen and oxygen atoms in total. The van der Waals surface area contributed by atoms with Crippen LogP contribution in [-0.2, 0) is 5.41 Å². The SMILES string of the molecule is CC1(C)c2ccccc2-c2cc3c4ccccc4n(-c4cccc5c4oc4c(B(O)N=O)cccc45)c3cc21. The van der Waals surface area contributed by atoms with Gasteiger partial charge in [-0.25, -0.2) is 0 Å². The molecule has 2 aromatic heterocycles. The molecule has 186 valence electrons. The summed E-state index contributed by atoms with van der Waals surface area (Å²) < 4.78 is 8.74. The largest absolute Gasteiger partial charge is 0.521 e. The van der Waals surface area contributed by atoms with Crippen molar-refractivity contribution in [1.82, 2.24) is 4.57 Å². The Balaban J connectivity index is 1.50. The van der Waals surface area contributed by atoms with Gasteiger partial charge in [0.25, 0.3) is 0 Å². The first-order valence-corrected chi connectivity index (χ1v) is 13.1. The van der Waals surface area contributed by atoms with Gasteiger partial charge in [-0.15, -0.1) is 0 Å². The third-order valence-electron chi connectivity index (χ3n) is 8.53. The van der Waals surface area contributed by atoms with Crippen molar-refractivity contribution < 1.29 is 9.44 Å². The normalized spacial score (nSPS) is 13.8.